The van der Waals surface area contributed by atoms with E-state index in [1.165, 1.54) is 74.9 Å². The Labute approximate surface area is 132 Å². The molecule has 1 unspecified atom stereocenters. The van der Waals surface area contributed by atoms with E-state index in [-0.39, 0.29) is 5.54 Å². The van der Waals surface area contributed by atoms with Gasteiger partial charge in [0.1, 0.15) is 5.01 Å². The number of fused-ring (bicyclic) bond motifs is 1. The van der Waals surface area contributed by atoms with Crippen LogP contribution in [-0.4, -0.2) is 11.0 Å². The average molecular weight is 305 g/mol. The van der Waals surface area contributed by atoms with E-state index in [2.05, 4.69) is 19.2 Å². The lowest BCUT2D eigenvalue weighted by Gasteiger charge is -2.44. The Bertz CT molecular complexity index is 506. The number of thiazole rings is 1. The fourth-order valence-electron chi connectivity index (χ4n) is 4.41. The van der Waals surface area contributed by atoms with Crippen molar-refractivity contribution in [3.8, 4) is 0 Å². The lowest BCUT2D eigenvalue weighted by Crippen LogP contribution is -2.49. The molecule has 3 aliphatic carbocycles. The zero-order valence-corrected chi connectivity index (χ0v) is 14.3. The van der Waals surface area contributed by atoms with Crippen LogP contribution in [0, 0.1) is 5.41 Å². The highest BCUT2D eigenvalue weighted by Crippen LogP contribution is 2.49. The summed E-state index contributed by atoms with van der Waals surface area (Å²) < 4.78 is 0. The minimum Gasteiger partial charge on any atom is -0.303 e. The first-order valence-electron chi connectivity index (χ1n) is 8.83. The van der Waals surface area contributed by atoms with Crippen LogP contribution in [0.4, 0.5) is 0 Å². The molecule has 0 saturated heterocycles. The number of rotatable bonds is 3. The molecule has 0 aromatic carbocycles. The van der Waals surface area contributed by atoms with Crippen LogP contribution in [0.25, 0.3) is 0 Å². The first kappa shape index (κ1) is 14.2. The standard InChI is InChI=1S/C18H28N2S/c1-17(2)10-5-11-18(12-17,20-13-8-9-13)16-19-14-6-3-4-7-15(14)21-16/h13,20H,3-12H2,1-2H3. The monoisotopic (exact) mass is 304 g/mol. The number of aromatic nitrogens is 1. The highest BCUT2D eigenvalue weighted by Gasteiger charge is 2.46. The quantitative estimate of drug-likeness (QED) is 0.885. The van der Waals surface area contributed by atoms with E-state index in [1.807, 2.05) is 11.3 Å². The van der Waals surface area contributed by atoms with Crippen LogP contribution >= 0.6 is 11.3 Å². The van der Waals surface area contributed by atoms with Crippen LogP contribution in [0.1, 0.15) is 80.8 Å². The Morgan fingerprint density at radius 2 is 1.90 bits per heavy atom. The van der Waals surface area contributed by atoms with Crippen molar-refractivity contribution < 1.29 is 0 Å². The molecule has 3 aliphatic rings. The van der Waals surface area contributed by atoms with E-state index in [0.717, 1.165) is 6.04 Å². The Balaban J connectivity index is 1.69. The molecule has 2 nitrogen and oxygen atoms in total. The van der Waals surface area contributed by atoms with Gasteiger partial charge in [-0.3, -0.25) is 0 Å². The van der Waals surface area contributed by atoms with Gasteiger partial charge in [0, 0.05) is 10.9 Å². The number of nitrogens with zero attached hydrogens (tertiary/aromatic N) is 1. The van der Waals surface area contributed by atoms with E-state index in [1.54, 1.807) is 4.88 Å². The number of nitrogens with one attached hydrogen (secondary N) is 1. The zero-order valence-electron chi connectivity index (χ0n) is 13.5. The van der Waals surface area contributed by atoms with E-state index in [4.69, 9.17) is 4.98 Å². The van der Waals surface area contributed by atoms with E-state index >= 15 is 0 Å². The van der Waals surface area contributed by atoms with Gasteiger partial charge < -0.3 is 5.32 Å². The largest absolute Gasteiger partial charge is 0.303 e. The van der Waals surface area contributed by atoms with Crippen molar-refractivity contribution in [2.45, 2.75) is 89.6 Å². The highest BCUT2D eigenvalue weighted by molar-refractivity contribution is 7.11. The van der Waals surface area contributed by atoms with Gasteiger partial charge in [-0.15, -0.1) is 11.3 Å². The molecule has 1 aromatic rings. The summed E-state index contributed by atoms with van der Waals surface area (Å²) in [7, 11) is 0. The van der Waals surface area contributed by atoms with E-state index in [0.29, 0.717) is 5.41 Å². The van der Waals surface area contributed by atoms with Gasteiger partial charge in [-0.05, 0) is 63.2 Å². The number of aryl methyl sites for hydroxylation is 2. The average Bonchev–Trinajstić information content (AvgIpc) is 3.12. The summed E-state index contributed by atoms with van der Waals surface area (Å²) in [6.07, 6.45) is 13.2. The van der Waals surface area contributed by atoms with Crippen LogP contribution < -0.4 is 5.32 Å². The molecule has 1 atom stereocenters. The lowest BCUT2D eigenvalue weighted by molar-refractivity contribution is 0.116. The van der Waals surface area contributed by atoms with Gasteiger partial charge in [-0.25, -0.2) is 4.98 Å². The number of hydrogen-bond donors (Lipinski definition) is 1. The summed E-state index contributed by atoms with van der Waals surface area (Å²) in [5.41, 5.74) is 2.07. The third-order valence-electron chi connectivity index (χ3n) is 5.55. The van der Waals surface area contributed by atoms with Crippen LogP contribution in [0.15, 0.2) is 0 Å². The highest BCUT2D eigenvalue weighted by atomic mass is 32.1. The SMILES string of the molecule is CC1(C)CCCC(NC2CC2)(c2nc3c(s2)CCCC3)C1. The third kappa shape index (κ3) is 2.79. The van der Waals surface area contributed by atoms with Crippen molar-refractivity contribution in [1.82, 2.24) is 10.3 Å². The molecule has 2 saturated carbocycles. The Morgan fingerprint density at radius 1 is 1.10 bits per heavy atom. The van der Waals surface area contributed by atoms with Crippen LogP contribution in [0.3, 0.4) is 0 Å². The molecule has 1 aromatic heterocycles. The predicted molar refractivity (Wildman–Crippen MR) is 88.8 cm³/mol. The molecule has 0 radical (unpaired) electrons. The Morgan fingerprint density at radius 3 is 2.62 bits per heavy atom. The van der Waals surface area contributed by atoms with E-state index < -0.39 is 0 Å². The van der Waals surface area contributed by atoms with Gasteiger partial charge in [0.05, 0.1) is 11.2 Å². The number of hydrogen-bond acceptors (Lipinski definition) is 3. The molecule has 1 N–H and O–H groups in total. The second-order valence-corrected chi connectivity index (χ2v) is 9.37. The molecule has 21 heavy (non-hydrogen) atoms. The van der Waals surface area contributed by atoms with Crippen molar-refractivity contribution in [3.63, 3.8) is 0 Å². The molecule has 2 fully saturated rings. The molecule has 0 aliphatic heterocycles. The van der Waals surface area contributed by atoms with Gasteiger partial charge in [-0.1, -0.05) is 20.3 Å². The van der Waals surface area contributed by atoms with Crippen molar-refractivity contribution in [2.75, 3.05) is 0 Å². The fraction of sp³-hybridized carbons (Fsp3) is 0.833. The zero-order chi connectivity index (χ0) is 14.5. The lowest BCUT2D eigenvalue weighted by atomic mass is 9.68. The first-order chi connectivity index (χ1) is 10.1. The van der Waals surface area contributed by atoms with Gasteiger partial charge in [0.2, 0.25) is 0 Å². The van der Waals surface area contributed by atoms with E-state index in [9.17, 15) is 0 Å². The Kier molecular flexibility index (Phi) is 3.42. The van der Waals surface area contributed by atoms with Crippen LogP contribution in [0.5, 0.6) is 0 Å². The molecule has 116 valence electrons. The smallest absolute Gasteiger partial charge is 0.113 e. The topological polar surface area (TPSA) is 24.9 Å². The van der Waals surface area contributed by atoms with Crippen molar-refractivity contribution in [2.24, 2.45) is 5.41 Å². The van der Waals surface area contributed by atoms with Gasteiger partial charge >= 0.3 is 0 Å². The molecular weight excluding hydrogens is 276 g/mol. The molecule has 3 heteroatoms. The fourth-order valence-corrected chi connectivity index (χ4v) is 5.73. The molecule has 1 heterocycles. The maximum Gasteiger partial charge on any atom is 0.113 e. The summed E-state index contributed by atoms with van der Waals surface area (Å²) >= 11 is 2.04. The molecule has 4 rings (SSSR count). The summed E-state index contributed by atoms with van der Waals surface area (Å²) in [6, 6.07) is 0.764. The second-order valence-electron chi connectivity index (χ2n) is 8.29. The first-order valence-corrected chi connectivity index (χ1v) is 9.65. The minimum atomic E-state index is 0.185. The van der Waals surface area contributed by atoms with Gasteiger partial charge in [0.25, 0.3) is 0 Å². The summed E-state index contributed by atoms with van der Waals surface area (Å²) in [5, 5.41) is 5.46. The second kappa shape index (κ2) is 5.06. The molecule has 0 amide bonds. The molecular formula is C18H28N2S. The van der Waals surface area contributed by atoms with Gasteiger partial charge in [-0.2, -0.15) is 0 Å². The van der Waals surface area contributed by atoms with Crippen molar-refractivity contribution in [3.05, 3.63) is 15.6 Å². The summed E-state index contributed by atoms with van der Waals surface area (Å²) in [5.74, 6) is 0. The maximum absolute atomic E-state index is 5.15. The molecule has 0 bridgehead atoms. The summed E-state index contributed by atoms with van der Waals surface area (Å²) in [4.78, 5) is 6.74. The van der Waals surface area contributed by atoms with Crippen molar-refractivity contribution >= 4 is 11.3 Å². The van der Waals surface area contributed by atoms with Crippen molar-refractivity contribution in [1.29, 1.82) is 0 Å². The van der Waals surface area contributed by atoms with Crippen LogP contribution in [-0.2, 0) is 18.4 Å². The maximum atomic E-state index is 5.15. The third-order valence-corrected chi connectivity index (χ3v) is 6.91. The van der Waals surface area contributed by atoms with Gasteiger partial charge in [0.15, 0.2) is 0 Å². The predicted octanol–water partition coefficient (Wildman–Crippen LogP) is 4.57. The van der Waals surface area contributed by atoms with Crippen LogP contribution in [0.2, 0.25) is 0 Å². The Hall–Kier alpha value is -0.410. The normalized spacial score (nSPS) is 31.9. The summed E-state index contributed by atoms with van der Waals surface area (Å²) in [6.45, 7) is 4.89. The minimum absolute atomic E-state index is 0.185. The molecule has 0 spiro atoms.